The van der Waals surface area contributed by atoms with Gasteiger partial charge in [-0.15, -0.1) is 0 Å². The largest absolute Gasteiger partial charge is 0.492 e. The molecule has 7 heteroatoms. The van der Waals surface area contributed by atoms with Crippen LogP contribution < -0.4 is 15.2 Å². The van der Waals surface area contributed by atoms with Crippen molar-refractivity contribution in [2.45, 2.75) is 6.92 Å². The van der Waals surface area contributed by atoms with Gasteiger partial charge in [-0.05, 0) is 31.2 Å². The van der Waals surface area contributed by atoms with Crippen molar-refractivity contribution >= 4 is 15.7 Å². The molecule has 0 radical (unpaired) electrons. The number of nitrogens with two attached hydrogens (primary N) is 1. The molecule has 6 nitrogen and oxygen atoms in total. The second kappa shape index (κ2) is 7.98. The number of benzene rings is 1. The van der Waals surface area contributed by atoms with Crippen molar-refractivity contribution < 1.29 is 17.9 Å². The van der Waals surface area contributed by atoms with E-state index in [1.54, 1.807) is 24.3 Å². The fourth-order valence-electron chi connectivity index (χ4n) is 1.34. The highest BCUT2D eigenvalue weighted by Gasteiger charge is 2.10. The Morgan fingerprint density at radius 3 is 2.47 bits per heavy atom. The van der Waals surface area contributed by atoms with E-state index in [2.05, 4.69) is 4.72 Å². The Labute approximate surface area is 113 Å². The Kier molecular flexibility index (Phi) is 6.61. The van der Waals surface area contributed by atoms with Crippen molar-refractivity contribution in [2.75, 3.05) is 36.8 Å². The summed E-state index contributed by atoms with van der Waals surface area (Å²) in [5, 5.41) is 0. The van der Waals surface area contributed by atoms with Gasteiger partial charge in [0, 0.05) is 18.8 Å². The quantitative estimate of drug-likeness (QED) is 0.656. The normalized spacial score (nSPS) is 11.3. The zero-order chi connectivity index (χ0) is 14.1. The molecule has 1 aromatic carbocycles. The van der Waals surface area contributed by atoms with Gasteiger partial charge in [-0.3, -0.25) is 4.72 Å². The maximum absolute atomic E-state index is 11.7. The van der Waals surface area contributed by atoms with Crippen LogP contribution in [0.1, 0.15) is 6.92 Å². The van der Waals surface area contributed by atoms with Gasteiger partial charge in [0.25, 0.3) is 0 Å². The van der Waals surface area contributed by atoms with Crippen LogP contribution in [0.4, 0.5) is 5.69 Å². The molecule has 19 heavy (non-hydrogen) atoms. The van der Waals surface area contributed by atoms with Crippen molar-refractivity contribution in [3.63, 3.8) is 0 Å². The fraction of sp³-hybridized carbons (Fsp3) is 0.500. The smallest absolute Gasteiger partial charge is 0.234 e. The van der Waals surface area contributed by atoms with Gasteiger partial charge in [0.15, 0.2) is 0 Å². The van der Waals surface area contributed by atoms with E-state index in [0.717, 1.165) is 0 Å². The standard InChI is InChI=1S/C12H20N2O4S/c1-2-17-9-10-19(15,16)14-11-3-5-12(6-4-11)18-8-7-13/h3-6,14H,2,7-10,13H2,1H3. The lowest BCUT2D eigenvalue weighted by molar-refractivity contribution is 0.163. The van der Waals surface area contributed by atoms with Crippen LogP contribution in [0.15, 0.2) is 24.3 Å². The third-order valence-corrected chi connectivity index (χ3v) is 3.47. The lowest BCUT2D eigenvalue weighted by atomic mass is 10.3. The van der Waals surface area contributed by atoms with Gasteiger partial charge in [0.05, 0.1) is 12.4 Å². The van der Waals surface area contributed by atoms with Gasteiger partial charge >= 0.3 is 0 Å². The van der Waals surface area contributed by atoms with E-state index in [1.807, 2.05) is 6.92 Å². The minimum Gasteiger partial charge on any atom is -0.492 e. The van der Waals surface area contributed by atoms with Gasteiger partial charge in [0.2, 0.25) is 10.0 Å². The van der Waals surface area contributed by atoms with Crippen molar-refractivity contribution in [2.24, 2.45) is 5.73 Å². The summed E-state index contributed by atoms with van der Waals surface area (Å²) in [4.78, 5) is 0. The minimum absolute atomic E-state index is 0.0632. The second-order valence-electron chi connectivity index (χ2n) is 3.78. The van der Waals surface area contributed by atoms with Gasteiger partial charge in [-0.25, -0.2) is 8.42 Å². The Morgan fingerprint density at radius 2 is 1.89 bits per heavy atom. The van der Waals surface area contributed by atoms with Crippen LogP contribution in [0.3, 0.4) is 0 Å². The molecule has 0 unspecified atom stereocenters. The lowest BCUT2D eigenvalue weighted by Crippen LogP contribution is -2.20. The summed E-state index contributed by atoms with van der Waals surface area (Å²) in [5.74, 6) is 0.592. The Morgan fingerprint density at radius 1 is 1.21 bits per heavy atom. The SMILES string of the molecule is CCOCCS(=O)(=O)Nc1ccc(OCCN)cc1. The minimum atomic E-state index is -3.37. The molecule has 0 amide bonds. The predicted octanol–water partition coefficient (Wildman–Crippen LogP) is 0.802. The number of anilines is 1. The zero-order valence-electron chi connectivity index (χ0n) is 11.0. The van der Waals surface area contributed by atoms with E-state index in [0.29, 0.717) is 31.2 Å². The molecule has 0 atom stereocenters. The predicted molar refractivity (Wildman–Crippen MR) is 74.9 cm³/mol. The van der Waals surface area contributed by atoms with Crippen molar-refractivity contribution in [1.82, 2.24) is 0 Å². The Bertz CT molecular complexity index is 459. The summed E-state index contributed by atoms with van der Waals surface area (Å²) in [6.45, 7) is 3.37. The van der Waals surface area contributed by atoms with Crippen LogP contribution in [0.5, 0.6) is 5.75 Å². The van der Waals surface area contributed by atoms with Gasteiger partial charge < -0.3 is 15.2 Å². The van der Waals surface area contributed by atoms with E-state index < -0.39 is 10.0 Å². The summed E-state index contributed by atoms with van der Waals surface area (Å²) >= 11 is 0. The molecule has 3 N–H and O–H groups in total. The van der Waals surface area contributed by atoms with Crippen LogP contribution in [-0.4, -0.2) is 40.5 Å². The topological polar surface area (TPSA) is 90.7 Å². The molecule has 108 valence electrons. The molecule has 1 rings (SSSR count). The van der Waals surface area contributed by atoms with Crippen LogP contribution in [0, 0.1) is 0 Å². The molecule has 0 bridgehead atoms. The fourth-order valence-corrected chi connectivity index (χ4v) is 2.27. The number of sulfonamides is 1. The number of hydrogen-bond donors (Lipinski definition) is 2. The molecule has 0 saturated heterocycles. The van der Waals surface area contributed by atoms with Gasteiger partial charge in [0.1, 0.15) is 12.4 Å². The van der Waals surface area contributed by atoms with E-state index in [9.17, 15) is 8.42 Å². The summed E-state index contributed by atoms with van der Waals surface area (Å²) in [5.41, 5.74) is 5.82. The molecular formula is C12H20N2O4S. The Hall–Kier alpha value is -1.31. The first-order valence-electron chi connectivity index (χ1n) is 6.08. The molecule has 0 aromatic heterocycles. The van der Waals surface area contributed by atoms with E-state index in [1.165, 1.54) is 0 Å². The van der Waals surface area contributed by atoms with Crippen LogP contribution >= 0.6 is 0 Å². The first-order valence-corrected chi connectivity index (χ1v) is 7.74. The average Bonchev–Trinajstić information content (AvgIpc) is 2.38. The summed E-state index contributed by atoms with van der Waals surface area (Å²) in [7, 11) is -3.37. The van der Waals surface area contributed by atoms with E-state index in [4.69, 9.17) is 15.2 Å². The zero-order valence-corrected chi connectivity index (χ0v) is 11.8. The van der Waals surface area contributed by atoms with Gasteiger partial charge in [-0.2, -0.15) is 0 Å². The summed E-state index contributed by atoms with van der Waals surface area (Å²) < 4.78 is 36.2. The first-order chi connectivity index (χ1) is 9.07. The summed E-state index contributed by atoms with van der Waals surface area (Å²) in [6, 6.07) is 6.67. The van der Waals surface area contributed by atoms with Crippen molar-refractivity contribution in [3.8, 4) is 5.75 Å². The lowest BCUT2D eigenvalue weighted by Gasteiger charge is -2.09. The molecule has 0 spiro atoms. The third kappa shape index (κ3) is 6.42. The number of nitrogens with one attached hydrogen (secondary N) is 1. The monoisotopic (exact) mass is 288 g/mol. The highest BCUT2D eigenvalue weighted by Crippen LogP contribution is 2.16. The van der Waals surface area contributed by atoms with Crippen molar-refractivity contribution in [1.29, 1.82) is 0 Å². The molecule has 0 saturated carbocycles. The maximum Gasteiger partial charge on any atom is 0.234 e. The molecule has 0 heterocycles. The molecule has 0 aliphatic carbocycles. The maximum atomic E-state index is 11.7. The molecule has 0 aliphatic heterocycles. The average molecular weight is 288 g/mol. The van der Waals surface area contributed by atoms with E-state index >= 15 is 0 Å². The third-order valence-electron chi connectivity index (χ3n) is 2.21. The molecule has 0 aliphatic rings. The first kappa shape index (κ1) is 15.7. The highest BCUT2D eigenvalue weighted by atomic mass is 32.2. The number of rotatable bonds is 9. The summed E-state index contributed by atoms with van der Waals surface area (Å²) in [6.07, 6.45) is 0. The van der Waals surface area contributed by atoms with Crippen LogP contribution in [-0.2, 0) is 14.8 Å². The highest BCUT2D eigenvalue weighted by molar-refractivity contribution is 7.92. The van der Waals surface area contributed by atoms with Crippen LogP contribution in [0.25, 0.3) is 0 Å². The van der Waals surface area contributed by atoms with Gasteiger partial charge in [-0.1, -0.05) is 0 Å². The van der Waals surface area contributed by atoms with E-state index in [-0.39, 0.29) is 12.4 Å². The van der Waals surface area contributed by atoms with Crippen molar-refractivity contribution in [3.05, 3.63) is 24.3 Å². The molecule has 1 aromatic rings. The van der Waals surface area contributed by atoms with Crippen LogP contribution in [0.2, 0.25) is 0 Å². The number of ether oxygens (including phenoxy) is 2. The number of hydrogen-bond acceptors (Lipinski definition) is 5. The second-order valence-corrected chi connectivity index (χ2v) is 5.62. The molecular weight excluding hydrogens is 268 g/mol. The molecule has 0 fully saturated rings. The Balaban J connectivity index is 2.52.